The number of thiophene rings is 1. The third kappa shape index (κ3) is 6.49. The van der Waals surface area contributed by atoms with Gasteiger partial charge >= 0.3 is 0 Å². The average Bonchev–Trinajstić information content (AvgIpc) is 4.08. The number of nitrogens with zero attached hydrogens (tertiary/aromatic N) is 5. The molecule has 0 unspecified atom stereocenters. The van der Waals surface area contributed by atoms with Crippen molar-refractivity contribution in [3.05, 3.63) is 237 Å². The van der Waals surface area contributed by atoms with Crippen molar-refractivity contribution in [3.63, 3.8) is 0 Å². The predicted molar refractivity (Wildman–Crippen MR) is 289 cm³/mol. The van der Waals surface area contributed by atoms with Crippen LogP contribution in [0.3, 0.4) is 0 Å². The van der Waals surface area contributed by atoms with Crippen LogP contribution in [0.2, 0.25) is 0 Å². The van der Waals surface area contributed by atoms with Gasteiger partial charge in [-0.15, -0.1) is 11.3 Å². The minimum Gasteiger partial charge on any atom is -0.309 e. The predicted octanol–water partition coefficient (Wildman–Crippen LogP) is 16.8. The fraction of sp³-hybridized carbons (Fsp3) is 0. The van der Waals surface area contributed by atoms with E-state index in [0.717, 1.165) is 72.1 Å². The lowest BCUT2D eigenvalue weighted by atomic mass is 10.0. The first-order valence-electron chi connectivity index (χ1n) is 23.3. The lowest BCUT2D eigenvalue weighted by molar-refractivity contribution is 1.08. The van der Waals surface area contributed by atoms with E-state index >= 15 is 0 Å². The zero-order valence-electron chi connectivity index (χ0n) is 37.2. The molecule has 69 heavy (non-hydrogen) atoms. The molecule has 10 aromatic carbocycles. The molecule has 0 bridgehead atoms. The monoisotopic (exact) mass is 897 g/mol. The van der Waals surface area contributed by atoms with Crippen LogP contribution in [-0.4, -0.2) is 24.1 Å². The summed E-state index contributed by atoms with van der Waals surface area (Å²) in [5.41, 5.74) is 14.2. The standard InChI is InChI=1S/C63H39N5S/c1-4-17-40(18-5-1)42-21-14-23-44(35-42)61-64-62(45-24-15-22-43(36-45)41-19-6-2-7-20-41)66-63(65-61)50-29-16-32-59-60(50)53-37-47(33-34-58(53)69-59)68-55-31-13-11-28-49(55)52-38-51-48-27-10-12-30-54(48)67(56(51)39-57(52)68)46-25-8-3-9-26-46/h1-39H. The zero-order chi connectivity index (χ0) is 45.4. The molecule has 0 N–H and O–H groups in total. The summed E-state index contributed by atoms with van der Waals surface area (Å²) in [6.45, 7) is 0. The first kappa shape index (κ1) is 39.2. The number of hydrogen-bond acceptors (Lipinski definition) is 4. The van der Waals surface area contributed by atoms with Crippen molar-refractivity contribution < 1.29 is 0 Å². The van der Waals surface area contributed by atoms with Gasteiger partial charge in [-0.25, -0.2) is 15.0 Å². The second-order valence-electron chi connectivity index (χ2n) is 17.6. The molecule has 0 amide bonds. The molecule has 14 aromatic rings. The number of hydrogen-bond donors (Lipinski definition) is 0. The SMILES string of the molecule is c1ccc(-c2cccc(-c3nc(-c4cccc(-c5ccccc5)c4)nc(-c4cccc5sc6ccc(-n7c8ccccc8c8cc9c%10ccccc%10n(-c%10ccccc%10)c9cc87)cc6c45)n3)c2)cc1. The van der Waals surface area contributed by atoms with Gasteiger partial charge in [-0.2, -0.15) is 0 Å². The molecule has 0 fully saturated rings. The molecule has 5 nitrogen and oxygen atoms in total. The average molecular weight is 898 g/mol. The fourth-order valence-electron chi connectivity index (χ4n) is 10.4. The van der Waals surface area contributed by atoms with E-state index in [1.165, 1.54) is 42.0 Å². The highest BCUT2D eigenvalue weighted by atomic mass is 32.1. The molecule has 0 aliphatic heterocycles. The van der Waals surface area contributed by atoms with Gasteiger partial charge in [0.25, 0.3) is 0 Å². The van der Waals surface area contributed by atoms with Crippen LogP contribution in [0.15, 0.2) is 237 Å². The minimum absolute atomic E-state index is 0.625. The maximum atomic E-state index is 5.36. The Balaban J connectivity index is 0.988. The van der Waals surface area contributed by atoms with Crippen LogP contribution in [0.4, 0.5) is 0 Å². The molecule has 0 aliphatic rings. The molecular weight excluding hydrogens is 859 g/mol. The van der Waals surface area contributed by atoms with Gasteiger partial charge in [-0.1, -0.05) is 164 Å². The van der Waals surface area contributed by atoms with Crippen LogP contribution in [0.25, 0.3) is 132 Å². The van der Waals surface area contributed by atoms with Crippen molar-refractivity contribution in [2.75, 3.05) is 0 Å². The highest BCUT2D eigenvalue weighted by molar-refractivity contribution is 7.26. The van der Waals surface area contributed by atoms with Crippen LogP contribution in [0, 0.1) is 0 Å². The lowest BCUT2D eigenvalue weighted by Crippen LogP contribution is -2.01. The Kier molecular flexibility index (Phi) is 9.00. The van der Waals surface area contributed by atoms with Crippen molar-refractivity contribution in [3.8, 4) is 67.8 Å². The third-order valence-electron chi connectivity index (χ3n) is 13.5. The van der Waals surface area contributed by atoms with Crippen LogP contribution >= 0.6 is 11.3 Å². The minimum atomic E-state index is 0.625. The molecule has 0 spiro atoms. The quantitative estimate of drug-likeness (QED) is 0.160. The first-order chi connectivity index (χ1) is 34.2. The summed E-state index contributed by atoms with van der Waals surface area (Å²) in [7, 11) is 0. The molecule has 14 rings (SSSR count). The van der Waals surface area contributed by atoms with Gasteiger partial charge < -0.3 is 9.13 Å². The maximum absolute atomic E-state index is 5.36. The number of para-hydroxylation sites is 3. The Morgan fingerprint density at radius 1 is 0.275 bits per heavy atom. The van der Waals surface area contributed by atoms with Crippen molar-refractivity contribution in [2.45, 2.75) is 0 Å². The summed E-state index contributed by atoms with van der Waals surface area (Å²) in [5.74, 6) is 1.88. The highest BCUT2D eigenvalue weighted by Crippen LogP contribution is 2.44. The van der Waals surface area contributed by atoms with Gasteiger partial charge in [0.15, 0.2) is 17.5 Å². The van der Waals surface area contributed by atoms with E-state index in [1.807, 2.05) is 12.1 Å². The molecule has 6 heteroatoms. The summed E-state index contributed by atoms with van der Waals surface area (Å²) >= 11 is 1.80. The van der Waals surface area contributed by atoms with Gasteiger partial charge in [0, 0.05) is 69.8 Å². The van der Waals surface area contributed by atoms with E-state index in [4.69, 9.17) is 15.0 Å². The lowest BCUT2D eigenvalue weighted by Gasteiger charge is -2.12. The smallest absolute Gasteiger partial charge is 0.164 e. The summed E-state index contributed by atoms with van der Waals surface area (Å²) in [6.07, 6.45) is 0. The molecule has 0 atom stereocenters. The van der Waals surface area contributed by atoms with E-state index in [-0.39, 0.29) is 0 Å². The van der Waals surface area contributed by atoms with Crippen molar-refractivity contribution in [2.24, 2.45) is 0 Å². The van der Waals surface area contributed by atoms with E-state index in [1.54, 1.807) is 11.3 Å². The Bertz CT molecular complexity index is 4200. The first-order valence-corrected chi connectivity index (χ1v) is 24.1. The molecule has 0 saturated carbocycles. The van der Waals surface area contributed by atoms with E-state index in [9.17, 15) is 0 Å². The van der Waals surface area contributed by atoms with Crippen molar-refractivity contribution >= 4 is 75.1 Å². The molecule has 322 valence electrons. The van der Waals surface area contributed by atoms with Crippen LogP contribution < -0.4 is 0 Å². The van der Waals surface area contributed by atoms with Gasteiger partial charge in [0.1, 0.15) is 0 Å². The summed E-state index contributed by atoms with van der Waals surface area (Å²) in [5, 5.41) is 7.22. The van der Waals surface area contributed by atoms with Crippen LogP contribution in [-0.2, 0) is 0 Å². The Morgan fingerprint density at radius 3 is 1.38 bits per heavy atom. The van der Waals surface area contributed by atoms with Gasteiger partial charge in [0.2, 0.25) is 0 Å². The van der Waals surface area contributed by atoms with E-state index in [2.05, 4.69) is 234 Å². The summed E-state index contributed by atoms with van der Waals surface area (Å²) in [4.78, 5) is 16.0. The van der Waals surface area contributed by atoms with Gasteiger partial charge in [-0.05, 0) is 95.1 Å². The number of benzene rings is 10. The fourth-order valence-corrected chi connectivity index (χ4v) is 11.5. The number of aromatic nitrogens is 5. The molecular formula is C63H39N5S. The topological polar surface area (TPSA) is 48.5 Å². The van der Waals surface area contributed by atoms with Crippen molar-refractivity contribution in [1.29, 1.82) is 0 Å². The molecule has 0 saturated heterocycles. The molecule has 0 radical (unpaired) electrons. The highest BCUT2D eigenvalue weighted by Gasteiger charge is 2.21. The number of rotatable bonds is 7. The van der Waals surface area contributed by atoms with Crippen LogP contribution in [0.5, 0.6) is 0 Å². The van der Waals surface area contributed by atoms with Gasteiger partial charge in [-0.3, -0.25) is 0 Å². The Morgan fingerprint density at radius 2 is 0.768 bits per heavy atom. The van der Waals surface area contributed by atoms with Crippen LogP contribution in [0.1, 0.15) is 0 Å². The molecule has 0 aliphatic carbocycles. The zero-order valence-corrected chi connectivity index (χ0v) is 38.0. The largest absolute Gasteiger partial charge is 0.309 e. The number of fused-ring (bicyclic) bond motifs is 9. The van der Waals surface area contributed by atoms with E-state index < -0.39 is 0 Å². The van der Waals surface area contributed by atoms with Gasteiger partial charge in [0.05, 0.1) is 22.1 Å². The Labute approximate surface area is 401 Å². The summed E-state index contributed by atoms with van der Waals surface area (Å²) < 4.78 is 7.23. The van der Waals surface area contributed by atoms with Crippen molar-refractivity contribution in [1.82, 2.24) is 24.1 Å². The third-order valence-corrected chi connectivity index (χ3v) is 14.7. The molecule has 4 aromatic heterocycles. The maximum Gasteiger partial charge on any atom is 0.164 e. The Hall–Kier alpha value is -8.97. The normalized spacial score (nSPS) is 11.8. The second-order valence-corrected chi connectivity index (χ2v) is 18.7. The summed E-state index contributed by atoms with van der Waals surface area (Å²) in [6, 6.07) is 84.5. The second kappa shape index (κ2) is 15.8. The molecule has 4 heterocycles. The van der Waals surface area contributed by atoms with E-state index in [0.29, 0.717) is 17.5 Å².